The number of nitrogens with two attached hydrogens (primary N) is 1. The molecule has 0 unspecified atom stereocenters. The van der Waals surface area contributed by atoms with Crippen molar-refractivity contribution in [3.05, 3.63) is 36.4 Å². The number of nitrogens with zero attached hydrogens (tertiary/aromatic N) is 3. The van der Waals surface area contributed by atoms with Gasteiger partial charge in [0.2, 0.25) is 0 Å². The average molecular weight is 268 g/mol. The first-order valence-electron chi connectivity index (χ1n) is 6.98. The zero-order valence-corrected chi connectivity index (χ0v) is 12.0. The Labute approximate surface area is 119 Å². The van der Waals surface area contributed by atoms with Crippen molar-refractivity contribution in [2.45, 2.75) is 20.3 Å². The van der Waals surface area contributed by atoms with Crippen molar-refractivity contribution >= 4 is 11.6 Å². The summed E-state index contributed by atoms with van der Waals surface area (Å²) in [4.78, 5) is 11.3. The molecule has 1 aromatic heterocycles. The van der Waals surface area contributed by atoms with Gasteiger partial charge in [0, 0.05) is 24.7 Å². The van der Waals surface area contributed by atoms with Crippen molar-refractivity contribution in [2.24, 2.45) is 5.41 Å². The molecule has 2 aromatic rings. The quantitative estimate of drug-likeness (QED) is 0.909. The Morgan fingerprint density at radius 3 is 2.55 bits per heavy atom. The lowest BCUT2D eigenvalue weighted by molar-refractivity contribution is 0.418. The summed E-state index contributed by atoms with van der Waals surface area (Å²) in [7, 11) is 0. The zero-order chi connectivity index (χ0) is 14.2. The third kappa shape index (κ3) is 2.59. The van der Waals surface area contributed by atoms with Crippen LogP contribution in [0.4, 0.5) is 11.6 Å². The molecule has 1 aliphatic rings. The minimum absolute atomic E-state index is 0.340. The maximum Gasteiger partial charge on any atom is 0.163 e. The van der Waals surface area contributed by atoms with Crippen LogP contribution < -0.4 is 10.6 Å². The fourth-order valence-electron chi connectivity index (χ4n) is 2.64. The minimum atomic E-state index is 0.340. The summed E-state index contributed by atoms with van der Waals surface area (Å²) in [6, 6.07) is 11.8. The molecule has 0 aliphatic carbocycles. The van der Waals surface area contributed by atoms with Gasteiger partial charge in [-0.2, -0.15) is 0 Å². The SMILES string of the molecule is CC1(C)CCN(c2cc(N)nc(-c3ccccc3)n2)C1. The summed E-state index contributed by atoms with van der Waals surface area (Å²) in [5.41, 5.74) is 7.29. The maximum absolute atomic E-state index is 5.95. The molecule has 0 saturated carbocycles. The number of hydrogen-bond donors (Lipinski definition) is 1. The Morgan fingerprint density at radius 2 is 1.90 bits per heavy atom. The van der Waals surface area contributed by atoms with Crippen LogP contribution in [0.3, 0.4) is 0 Å². The van der Waals surface area contributed by atoms with E-state index in [1.807, 2.05) is 36.4 Å². The summed E-state index contributed by atoms with van der Waals surface area (Å²) in [6.45, 7) is 6.61. The van der Waals surface area contributed by atoms with Crippen LogP contribution in [0.2, 0.25) is 0 Å². The van der Waals surface area contributed by atoms with Crippen LogP contribution in [0.25, 0.3) is 11.4 Å². The molecule has 104 valence electrons. The van der Waals surface area contributed by atoms with Crippen LogP contribution in [0, 0.1) is 5.41 Å². The van der Waals surface area contributed by atoms with Crippen LogP contribution in [0.1, 0.15) is 20.3 Å². The summed E-state index contributed by atoms with van der Waals surface area (Å²) < 4.78 is 0. The van der Waals surface area contributed by atoms with E-state index >= 15 is 0 Å². The first-order valence-corrected chi connectivity index (χ1v) is 6.98. The lowest BCUT2D eigenvalue weighted by Gasteiger charge is -2.21. The van der Waals surface area contributed by atoms with Gasteiger partial charge in [-0.1, -0.05) is 44.2 Å². The number of nitrogen functional groups attached to an aromatic ring is 1. The third-order valence-electron chi connectivity index (χ3n) is 3.77. The molecule has 0 bridgehead atoms. The summed E-state index contributed by atoms with van der Waals surface area (Å²) in [5.74, 6) is 2.16. The van der Waals surface area contributed by atoms with Crippen molar-refractivity contribution in [3.8, 4) is 11.4 Å². The Hall–Kier alpha value is -2.10. The van der Waals surface area contributed by atoms with Crippen LogP contribution >= 0.6 is 0 Å². The van der Waals surface area contributed by atoms with Crippen molar-refractivity contribution in [2.75, 3.05) is 23.7 Å². The second-order valence-electron chi connectivity index (χ2n) is 6.18. The van der Waals surface area contributed by atoms with Gasteiger partial charge in [0.25, 0.3) is 0 Å². The van der Waals surface area contributed by atoms with Gasteiger partial charge in [0.1, 0.15) is 11.6 Å². The van der Waals surface area contributed by atoms with Crippen LogP contribution in [0.5, 0.6) is 0 Å². The molecule has 3 rings (SSSR count). The first-order chi connectivity index (χ1) is 9.53. The van der Waals surface area contributed by atoms with Gasteiger partial charge in [-0.3, -0.25) is 0 Å². The molecule has 20 heavy (non-hydrogen) atoms. The monoisotopic (exact) mass is 268 g/mol. The molecule has 0 radical (unpaired) electrons. The Balaban J connectivity index is 1.96. The van der Waals surface area contributed by atoms with Gasteiger partial charge in [-0.25, -0.2) is 9.97 Å². The van der Waals surface area contributed by atoms with Crippen molar-refractivity contribution in [3.63, 3.8) is 0 Å². The van der Waals surface area contributed by atoms with Gasteiger partial charge >= 0.3 is 0 Å². The van der Waals surface area contributed by atoms with Crippen molar-refractivity contribution in [1.29, 1.82) is 0 Å². The predicted octanol–water partition coefficient (Wildman–Crippen LogP) is 2.96. The highest BCUT2D eigenvalue weighted by atomic mass is 15.2. The number of aromatic nitrogens is 2. The molecular formula is C16H20N4. The van der Waals surface area contributed by atoms with Gasteiger partial charge < -0.3 is 10.6 Å². The second-order valence-corrected chi connectivity index (χ2v) is 6.18. The molecule has 4 nitrogen and oxygen atoms in total. The summed E-state index contributed by atoms with van der Waals surface area (Å²) in [5, 5.41) is 0. The number of hydrogen-bond acceptors (Lipinski definition) is 4. The minimum Gasteiger partial charge on any atom is -0.384 e. The van der Waals surface area contributed by atoms with E-state index in [1.54, 1.807) is 0 Å². The standard InChI is InChI=1S/C16H20N4/c1-16(2)8-9-20(11-16)14-10-13(17)18-15(19-14)12-6-4-3-5-7-12/h3-7,10H,8-9,11H2,1-2H3,(H2,17,18,19). The molecule has 1 fully saturated rings. The average Bonchev–Trinajstić information content (AvgIpc) is 2.79. The van der Waals surface area contributed by atoms with E-state index in [9.17, 15) is 0 Å². The van der Waals surface area contributed by atoms with Gasteiger partial charge in [-0.15, -0.1) is 0 Å². The molecule has 1 aliphatic heterocycles. The highest BCUT2D eigenvalue weighted by molar-refractivity contribution is 5.61. The second kappa shape index (κ2) is 4.78. The maximum atomic E-state index is 5.95. The highest BCUT2D eigenvalue weighted by Gasteiger charge is 2.30. The van der Waals surface area contributed by atoms with E-state index in [-0.39, 0.29) is 0 Å². The molecule has 1 aromatic carbocycles. The number of benzene rings is 1. The summed E-state index contributed by atoms with van der Waals surface area (Å²) in [6.07, 6.45) is 1.18. The van der Waals surface area contributed by atoms with E-state index in [4.69, 9.17) is 5.73 Å². The van der Waals surface area contributed by atoms with Crippen LogP contribution in [-0.2, 0) is 0 Å². The Bertz CT molecular complexity index is 607. The van der Waals surface area contributed by atoms with E-state index < -0.39 is 0 Å². The Morgan fingerprint density at radius 1 is 1.15 bits per heavy atom. The zero-order valence-electron chi connectivity index (χ0n) is 12.0. The van der Waals surface area contributed by atoms with E-state index in [0.29, 0.717) is 17.1 Å². The molecule has 4 heteroatoms. The lowest BCUT2D eigenvalue weighted by atomic mass is 9.93. The predicted molar refractivity (Wildman–Crippen MR) is 82.5 cm³/mol. The smallest absolute Gasteiger partial charge is 0.163 e. The van der Waals surface area contributed by atoms with Gasteiger partial charge in [0.05, 0.1) is 0 Å². The number of rotatable bonds is 2. The topological polar surface area (TPSA) is 55.0 Å². The van der Waals surface area contributed by atoms with Crippen LogP contribution in [-0.4, -0.2) is 23.1 Å². The van der Waals surface area contributed by atoms with Crippen molar-refractivity contribution in [1.82, 2.24) is 9.97 Å². The largest absolute Gasteiger partial charge is 0.384 e. The molecule has 0 amide bonds. The first kappa shape index (κ1) is 12.9. The normalized spacial score (nSPS) is 17.4. The fourth-order valence-corrected chi connectivity index (χ4v) is 2.64. The van der Waals surface area contributed by atoms with E-state index in [0.717, 1.165) is 24.5 Å². The fraction of sp³-hybridized carbons (Fsp3) is 0.375. The van der Waals surface area contributed by atoms with E-state index in [1.165, 1.54) is 6.42 Å². The van der Waals surface area contributed by atoms with Gasteiger partial charge in [0.15, 0.2) is 5.82 Å². The third-order valence-corrected chi connectivity index (χ3v) is 3.77. The van der Waals surface area contributed by atoms with Crippen molar-refractivity contribution < 1.29 is 0 Å². The number of anilines is 2. The molecule has 2 N–H and O–H groups in total. The van der Waals surface area contributed by atoms with Gasteiger partial charge in [-0.05, 0) is 11.8 Å². The van der Waals surface area contributed by atoms with E-state index in [2.05, 4.69) is 28.7 Å². The molecular weight excluding hydrogens is 248 g/mol. The molecule has 2 heterocycles. The molecule has 1 saturated heterocycles. The van der Waals surface area contributed by atoms with Crippen LogP contribution in [0.15, 0.2) is 36.4 Å². The summed E-state index contributed by atoms with van der Waals surface area (Å²) >= 11 is 0. The lowest BCUT2D eigenvalue weighted by Crippen LogP contribution is -2.24. The molecule has 0 atom stereocenters. The Kier molecular flexibility index (Phi) is 3.08. The molecule has 0 spiro atoms. The highest BCUT2D eigenvalue weighted by Crippen LogP contribution is 2.32.